The molecule has 0 rings (SSSR count). The lowest BCUT2D eigenvalue weighted by atomic mass is 10.2. The lowest BCUT2D eigenvalue weighted by Gasteiger charge is -2.19. The number of nitrogens with one attached hydrogen (secondary N) is 2. The molecule has 0 bridgehead atoms. The van der Waals surface area contributed by atoms with Crippen LogP contribution in [0.2, 0.25) is 0 Å². The van der Waals surface area contributed by atoms with Gasteiger partial charge in [-0.3, -0.25) is 9.59 Å². The van der Waals surface area contributed by atoms with Crippen LogP contribution in [0.1, 0.15) is 46.5 Å². The van der Waals surface area contributed by atoms with Crippen molar-refractivity contribution in [1.29, 1.82) is 0 Å². The molecule has 0 saturated carbocycles. The third-order valence-electron chi connectivity index (χ3n) is 2.14. The highest BCUT2D eigenvalue weighted by Crippen LogP contribution is 2.06. The molecule has 0 radical (unpaired) electrons. The third-order valence-corrected chi connectivity index (χ3v) is 2.14. The molecule has 116 valence electrons. The summed E-state index contributed by atoms with van der Waals surface area (Å²) in [5.74, 6) is -1.03. The fourth-order valence-corrected chi connectivity index (χ4v) is 1.31. The van der Waals surface area contributed by atoms with E-state index in [-0.39, 0.29) is 18.7 Å². The number of amides is 2. The first-order valence-corrected chi connectivity index (χ1v) is 6.66. The number of carboxylic acid groups (broad SMARTS) is 1. The van der Waals surface area contributed by atoms with Gasteiger partial charge in [0.1, 0.15) is 5.60 Å². The fourth-order valence-electron chi connectivity index (χ4n) is 1.31. The fraction of sp³-hybridized carbons (Fsp3) is 0.769. The van der Waals surface area contributed by atoms with Crippen molar-refractivity contribution in [2.24, 2.45) is 0 Å². The Hall–Kier alpha value is -1.79. The molecule has 0 fully saturated rings. The maximum absolute atomic E-state index is 11.4. The smallest absolute Gasteiger partial charge is 0.407 e. The number of aliphatic carboxylic acids is 1. The summed E-state index contributed by atoms with van der Waals surface area (Å²) in [4.78, 5) is 32.9. The van der Waals surface area contributed by atoms with E-state index < -0.39 is 17.7 Å². The highest BCUT2D eigenvalue weighted by molar-refractivity contribution is 5.76. The normalized spacial score (nSPS) is 10.8. The molecule has 2 amide bonds. The van der Waals surface area contributed by atoms with Gasteiger partial charge in [0.25, 0.3) is 0 Å². The van der Waals surface area contributed by atoms with Crippen LogP contribution < -0.4 is 10.6 Å². The lowest BCUT2D eigenvalue weighted by molar-refractivity contribution is -0.137. The average Bonchev–Trinajstić information content (AvgIpc) is 2.28. The predicted octanol–water partition coefficient (Wildman–Crippen LogP) is 1.27. The van der Waals surface area contributed by atoms with Crippen LogP contribution >= 0.6 is 0 Å². The molecule has 0 heterocycles. The summed E-state index contributed by atoms with van der Waals surface area (Å²) in [6.07, 6.45) is 0.740. The molecule has 0 aliphatic rings. The zero-order chi connectivity index (χ0) is 15.6. The van der Waals surface area contributed by atoms with Crippen molar-refractivity contribution >= 4 is 18.0 Å². The molecule has 20 heavy (non-hydrogen) atoms. The van der Waals surface area contributed by atoms with E-state index >= 15 is 0 Å². The van der Waals surface area contributed by atoms with E-state index in [9.17, 15) is 14.4 Å². The number of alkyl carbamates (subject to hydrolysis) is 1. The van der Waals surface area contributed by atoms with E-state index in [4.69, 9.17) is 9.84 Å². The van der Waals surface area contributed by atoms with Gasteiger partial charge in [-0.15, -0.1) is 0 Å². The molecule has 0 saturated heterocycles. The van der Waals surface area contributed by atoms with Gasteiger partial charge in [0.2, 0.25) is 5.91 Å². The summed E-state index contributed by atoms with van der Waals surface area (Å²) >= 11 is 0. The van der Waals surface area contributed by atoms with Crippen LogP contribution in [0.4, 0.5) is 4.79 Å². The minimum atomic E-state index is -0.874. The van der Waals surface area contributed by atoms with Crippen LogP contribution in [0.25, 0.3) is 0 Å². The second-order valence-corrected chi connectivity index (χ2v) is 5.38. The molecular weight excluding hydrogens is 264 g/mol. The zero-order valence-corrected chi connectivity index (χ0v) is 12.3. The SMILES string of the molecule is CC(C)(C)OC(=O)NCCCC(=O)NCCCC(=O)O. The van der Waals surface area contributed by atoms with Gasteiger partial charge < -0.3 is 20.5 Å². The summed E-state index contributed by atoms with van der Waals surface area (Å²) in [7, 11) is 0. The number of carboxylic acids is 1. The standard InChI is InChI=1S/C13H24N2O5/c1-13(2,3)20-12(19)15-9-4-6-10(16)14-8-5-7-11(17)18/h4-9H2,1-3H3,(H,14,16)(H,15,19)(H,17,18). The van der Waals surface area contributed by atoms with Crippen LogP contribution in [0.15, 0.2) is 0 Å². The monoisotopic (exact) mass is 288 g/mol. The predicted molar refractivity (Wildman–Crippen MR) is 73.4 cm³/mol. The first-order valence-electron chi connectivity index (χ1n) is 6.66. The molecule has 7 heteroatoms. The summed E-state index contributed by atoms with van der Waals surface area (Å²) in [5, 5.41) is 13.6. The highest BCUT2D eigenvalue weighted by atomic mass is 16.6. The Morgan fingerprint density at radius 2 is 1.55 bits per heavy atom. The van der Waals surface area contributed by atoms with Gasteiger partial charge in [-0.05, 0) is 33.6 Å². The van der Waals surface area contributed by atoms with Gasteiger partial charge in [0.05, 0.1) is 0 Å². The Bertz CT molecular complexity index is 336. The van der Waals surface area contributed by atoms with Gasteiger partial charge in [-0.2, -0.15) is 0 Å². The van der Waals surface area contributed by atoms with Crippen molar-refractivity contribution in [3.63, 3.8) is 0 Å². The quantitative estimate of drug-likeness (QED) is 0.583. The van der Waals surface area contributed by atoms with Gasteiger partial charge in [-0.1, -0.05) is 0 Å². The molecule has 7 nitrogen and oxygen atoms in total. The van der Waals surface area contributed by atoms with Crippen LogP contribution in [-0.2, 0) is 14.3 Å². The van der Waals surface area contributed by atoms with E-state index in [0.717, 1.165) is 0 Å². The van der Waals surface area contributed by atoms with Crippen molar-refractivity contribution in [2.45, 2.75) is 52.1 Å². The van der Waals surface area contributed by atoms with Gasteiger partial charge >= 0.3 is 12.1 Å². The number of ether oxygens (including phenoxy) is 1. The molecule has 0 aromatic carbocycles. The van der Waals surface area contributed by atoms with Crippen LogP contribution in [0.3, 0.4) is 0 Å². The second kappa shape index (κ2) is 9.17. The first kappa shape index (κ1) is 18.2. The third kappa shape index (κ3) is 12.7. The van der Waals surface area contributed by atoms with E-state index in [1.54, 1.807) is 20.8 Å². The molecule has 0 aliphatic heterocycles. The first-order chi connectivity index (χ1) is 9.20. The van der Waals surface area contributed by atoms with Crippen LogP contribution in [0, 0.1) is 0 Å². The van der Waals surface area contributed by atoms with E-state index in [1.165, 1.54) is 0 Å². The Kier molecular flexibility index (Phi) is 8.35. The summed E-state index contributed by atoms with van der Waals surface area (Å²) in [6.45, 7) is 6.04. The second-order valence-electron chi connectivity index (χ2n) is 5.38. The lowest BCUT2D eigenvalue weighted by Crippen LogP contribution is -2.33. The maximum Gasteiger partial charge on any atom is 0.407 e. The Labute approximate surface area is 119 Å². The van der Waals surface area contributed by atoms with Crippen molar-refractivity contribution in [3.05, 3.63) is 0 Å². The maximum atomic E-state index is 11.4. The Morgan fingerprint density at radius 3 is 2.10 bits per heavy atom. The molecule has 0 atom stereocenters. The number of hydrogen-bond acceptors (Lipinski definition) is 4. The molecule has 0 aliphatic carbocycles. The number of hydrogen-bond donors (Lipinski definition) is 3. The molecular formula is C13H24N2O5. The molecule has 3 N–H and O–H groups in total. The van der Waals surface area contributed by atoms with Crippen molar-refractivity contribution in [1.82, 2.24) is 10.6 Å². The van der Waals surface area contributed by atoms with Crippen molar-refractivity contribution in [3.8, 4) is 0 Å². The minimum absolute atomic E-state index is 0.0421. The van der Waals surface area contributed by atoms with E-state index in [2.05, 4.69) is 10.6 Å². The summed E-state index contributed by atoms with van der Waals surface area (Å²) in [5.41, 5.74) is -0.536. The zero-order valence-electron chi connectivity index (χ0n) is 12.3. The Morgan fingerprint density at radius 1 is 1.00 bits per heavy atom. The Balaban J connectivity index is 3.52. The van der Waals surface area contributed by atoms with E-state index in [0.29, 0.717) is 25.9 Å². The molecule has 0 unspecified atom stereocenters. The van der Waals surface area contributed by atoms with Gasteiger partial charge in [-0.25, -0.2) is 4.79 Å². The van der Waals surface area contributed by atoms with E-state index in [1.807, 2.05) is 0 Å². The number of rotatable bonds is 8. The van der Waals surface area contributed by atoms with Gasteiger partial charge in [0, 0.05) is 25.9 Å². The number of carbonyl (C=O) groups excluding carboxylic acids is 2. The summed E-state index contributed by atoms with van der Waals surface area (Å²) < 4.78 is 5.04. The largest absolute Gasteiger partial charge is 0.481 e. The number of carbonyl (C=O) groups is 3. The van der Waals surface area contributed by atoms with Crippen LogP contribution in [0.5, 0.6) is 0 Å². The average molecular weight is 288 g/mol. The molecule has 0 aromatic rings. The molecule has 0 spiro atoms. The molecule has 0 aromatic heterocycles. The topological polar surface area (TPSA) is 105 Å². The minimum Gasteiger partial charge on any atom is -0.481 e. The van der Waals surface area contributed by atoms with Crippen LogP contribution in [-0.4, -0.2) is 41.8 Å². The highest BCUT2D eigenvalue weighted by Gasteiger charge is 2.15. The summed E-state index contributed by atoms with van der Waals surface area (Å²) in [6, 6.07) is 0. The van der Waals surface area contributed by atoms with Crippen molar-refractivity contribution in [2.75, 3.05) is 13.1 Å². The van der Waals surface area contributed by atoms with Gasteiger partial charge in [0.15, 0.2) is 0 Å². The van der Waals surface area contributed by atoms with Crippen molar-refractivity contribution < 1.29 is 24.2 Å².